The van der Waals surface area contributed by atoms with E-state index in [9.17, 15) is 9.18 Å². The molecule has 0 saturated heterocycles. The number of rotatable bonds is 4. The number of anilines is 1. The molecule has 2 atom stereocenters. The van der Waals surface area contributed by atoms with E-state index in [1.807, 2.05) is 17.7 Å². The maximum absolute atomic E-state index is 13.0. The molecule has 25 heavy (non-hydrogen) atoms. The van der Waals surface area contributed by atoms with Gasteiger partial charge in [0.1, 0.15) is 12.0 Å². The van der Waals surface area contributed by atoms with E-state index in [1.54, 1.807) is 24.4 Å². The summed E-state index contributed by atoms with van der Waals surface area (Å²) in [6.07, 6.45) is 2.22. The molecule has 0 spiro atoms. The normalized spacial score (nSPS) is 21.3. The summed E-state index contributed by atoms with van der Waals surface area (Å²) in [6.45, 7) is 0. The van der Waals surface area contributed by atoms with E-state index < -0.39 is 19.1 Å². The van der Waals surface area contributed by atoms with Crippen LogP contribution >= 0.6 is 0 Å². The van der Waals surface area contributed by atoms with Gasteiger partial charge < -0.3 is 14.6 Å². The molecule has 1 aliphatic rings. The van der Waals surface area contributed by atoms with Crippen molar-refractivity contribution in [1.29, 1.82) is 0 Å². The lowest BCUT2D eigenvalue weighted by Gasteiger charge is -2.08. The lowest BCUT2D eigenvalue weighted by Crippen LogP contribution is -2.15. The third-order valence-electron chi connectivity index (χ3n) is 4.37. The van der Waals surface area contributed by atoms with E-state index in [1.165, 1.54) is 6.20 Å². The molecule has 1 fully saturated rings. The van der Waals surface area contributed by atoms with Crippen LogP contribution in [0.1, 0.15) is 10.5 Å². The highest BCUT2D eigenvalue weighted by atomic mass is 19.1. The third kappa shape index (κ3) is 2.71. The number of pyridine rings is 2. The van der Waals surface area contributed by atoms with Crippen molar-refractivity contribution in [3.63, 3.8) is 0 Å². The molecule has 1 aliphatic carbocycles. The molecule has 1 N–H and O–H groups in total. The molecule has 3 heterocycles. The van der Waals surface area contributed by atoms with E-state index in [4.69, 9.17) is 8.85 Å². The number of aromatic nitrogens is 3. The van der Waals surface area contributed by atoms with Crippen molar-refractivity contribution in [2.45, 2.75) is 12.6 Å². The van der Waals surface area contributed by atoms with E-state index in [0.29, 0.717) is 17.1 Å². The Morgan fingerprint density at radius 3 is 3.08 bits per heavy atom. The van der Waals surface area contributed by atoms with Crippen molar-refractivity contribution in [3.05, 3.63) is 36.7 Å². The first-order valence-electron chi connectivity index (χ1n) is 9.28. The van der Waals surface area contributed by atoms with Gasteiger partial charge in [0.05, 0.1) is 40.0 Å². The molecule has 3 aromatic heterocycles. The molecule has 2 unspecified atom stereocenters. The van der Waals surface area contributed by atoms with Crippen molar-refractivity contribution in [1.82, 2.24) is 14.5 Å². The van der Waals surface area contributed by atoms with Crippen LogP contribution in [0.3, 0.4) is 0 Å². The first kappa shape index (κ1) is 12.4. The molecule has 1 saturated carbocycles. The zero-order valence-corrected chi connectivity index (χ0v) is 13.4. The Kier molecular flexibility index (Phi) is 2.90. The number of carbonyl (C=O) groups excluding carboxylic acids is 1. The number of halogens is 1. The third-order valence-corrected chi connectivity index (χ3v) is 4.37. The number of methoxy groups -OCH3 is 1. The van der Waals surface area contributed by atoms with Crippen LogP contribution in [-0.2, 0) is 11.8 Å². The molecule has 0 aliphatic heterocycles. The number of alkyl halides is 1. The number of ether oxygens (including phenoxy) is 1. The minimum absolute atomic E-state index is 0.00221. The smallest absolute Gasteiger partial charge is 0.231 e. The van der Waals surface area contributed by atoms with Crippen LogP contribution in [-0.4, -0.2) is 33.7 Å². The lowest BCUT2D eigenvalue weighted by atomic mass is 10.2. The van der Waals surface area contributed by atoms with Gasteiger partial charge in [-0.1, -0.05) is 0 Å². The predicted octanol–water partition coefficient (Wildman–Crippen LogP) is 2.94. The molecule has 7 heteroatoms. The average molecular weight is 343 g/mol. The van der Waals surface area contributed by atoms with Gasteiger partial charge in [-0.2, -0.15) is 0 Å². The molecule has 6 nitrogen and oxygen atoms in total. The summed E-state index contributed by atoms with van der Waals surface area (Å²) in [6, 6.07) is 6.91. The lowest BCUT2D eigenvalue weighted by molar-refractivity contribution is -0.117. The van der Waals surface area contributed by atoms with Gasteiger partial charge in [0.15, 0.2) is 0 Å². The van der Waals surface area contributed by atoms with Crippen LogP contribution in [0.15, 0.2) is 36.7 Å². The van der Waals surface area contributed by atoms with Gasteiger partial charge in [-0.15, -0.1) is 0 Å². The number of hydrogen-bond donors (Lipinski definition) is 1. The summed E-state index contributed by atoms with van der Waals surface area (Å²) < 4.78 is 41.9. The van der Waals surface area contributed by atoms with Gasteiger partial charge in [-0.25, -0.2) is 14.4 Å². The summed E-state index contributed by atoms with van der Waals surface area (Å²) >= 11 is 0. The number of nitrogens with one attached hydrogen (secondary N) is 1. The number of amides is 1. The van der Waals surface area contributed by atoms with Gasteiger partial charge in [0.2, 0.25) is 11.8 Å². The summed E-state index contributed by atoms with van der Waals surface area (Å²) in [7, 11) is -0.814. The fraction of sp³-hybridized carbons (Fsp3) is 0.278. The molecule has 1 amide bonds. The summed E-state index contributed by atoms with van der Waals surface area (Å²) in [4.78, 5) is 20.2. The summed E-state index contributed by atoms with van der Waals surface area (Å²) in [5.74, 6) is -0.647. The van der Waals surface area contributed by atoms with Gasteiger partial charge in [-0.05, 0) is 30.7 Å². The second-order valence-electron chi connectivity index (χ2n) is 6.02. The van der Waals surface area contributed by atoms with Crippen molar-refractivity contribution in [2.75, 3.05) is 12.4 Å². The second kappa shape index (κ2) is 5.84. The largest absolute Gasteiger partial charge is 0.481 e. The van der Waals surface area contributed by atoms with Gasteiger partial charge in [0.25, 0.3) is 0 Å². The Hall–Kier alpha value is -2.96. The zero-order chi connectivity index (χ0) is 20.1. The number of nitrogens with zero attached hydrogens (tertiary/aromatic N) is 3. The van der Waals surface area contributed by atoms with E-state index >= 15 is 0 Å². The maximum atomic E-state index is 13.0. The van der Waals surface area contributed by atoms with Crippen LogP contribution < -0.4 is 10.1 Å². The highest BCUT2D eigenvalue weighted by Crippen LogP contribution is 2.35. The van der Waals surface area contributed by atoms with E-state index in [2.05, 4.69) is 15.3 Å². The topological polar surface area (TPSA) is 69.0 Å². The van der Waals surface area contributed by atoms with E-state index in [-0.39, 0.29) is 18.2 Å². The quantitative estimate of drug-likeness (QED) is 0.791. The Morgan fingerprint density at radius 1 is 1.48 bits per heavy atom. The minimum Gasteiger partial charge on any atom is -0.481 e. The number of carbonyl (C=O) groups is 1. The number of aryl methyl sites for hydroxylation is 1. The highest BCUT2D eigenvalue weighted by Gasteiger charge is 2.43. The highest BCUT2D eigenvalue weighted by molar-refractivity contribution is 5.96. The molecule has 4 rings (SSSR count). The average Bonchev–Trinajstić information content (AvgIpc) is 3.27. The molecule has 0 bridgehead atoms. The Bertz CT molecular complexity index is 1070. The van der Waals surface area contributed by atoms with Crippen LogP contribution in [0.5, 0.6) is 5.88 Å². The molecule has 128 valence electrons. The fourth-order valence-corrected chi connectivity index (χ4v) is 2.88. The molecular formula is C18H17FN4O2. The van der Waals surface area contributed by atoms with Crippen LogP contribution in [0.25, 0.3) is 22.2 Å². The standard InChI is InChI=1S/C18H17FN4O2/c1-23-14(11-4-3-5-20-18(11)25-2)6-10-7-16(21-9-15(10)23)22-17(24)12-8-13(12)19/h3-7,9,12-13H,8H2,1-2H3,(H,21,22,24)/i2D3. The minimum atomic E-state index is -2.62. The predicted molar refractivity (Wildman–Crippen MR) is 92.1 cm³/mol. The monoisotopic (exact) mass is 343 g/mol. The van der Waals surface area contributed by atoms with Crippen molar-refractivity contribution >= 4 is 22.6 Å². The number of fused-ring (bicyclic) bond motifs is 1. The Morgan fingerprint density at radius 2 is 2.32 bits per heavy atom. The Balaban J connectivity index is 1.69. The molecule has 3 aromatic rings. The first-order chi connectivity index (χ1) is 13.2. The van der Waals surface area contributed by atoms with Gasteiger partial charge >= 0.3 is 0 Å². The SMILES string of the molecule is [2H]C([2H])([2H])Oc1ncccc1-c1cc2cc(NC(=O)C3CC3F)ncc2n1C. The van der Waals surface area contributed by atoms with E-state index in [0.717, 1.165) is 10.9 Å². The van der Waals surface area contributed by atoms with Crippen molar-refractivity contribution < 1.29 is 18.0 Å². The van der Waals surface area contributed by atoms with Crippen LogP contribution in [0.2, 0.25) is 0 Å². The molecule has 0 radical (unpaired) electrons. The van der Waals surface area contributed by atoms with Crippen LogP contribution in [0, 0.1) is 5.92 Å². The number of hydrogen-bond acceptors (Lipinski definition) is 4. The zero-order valence-electron chi connectivity index (χ0n) is 16.4. The second-order valence-corrected chi connectivity index (χ2v) is 6.02. The fourth-order valence-electron chi connectivity index (χ4n) is 2.88. The summed E-state index contributed by atoms with van der Waals surface area (Å²) in [5, 5.41) is 3.40. The van der Waals surface area contributed by atoms with Crippen molar-refractivity contribution in [2.24, 2.45) is 13.0 Å². The van der Waals surface area contributed by atoms with Crippen LogP contribution in [0.4, 0.5) is 10.2 Å². The van der Waals surface area contributed by atoms with Crippen molar-refractivity contribution in [3.8, 4) is 17.1 Å². The Labute approximate surface area is 147 Å². The van der Waals surface area contributed by atoms with Gasteiger partial charge in [0, 0.05) is 18.6 Å². The van der Waals surface area contributed by atoms with Gasteiger partial charge in [-0.3, -0.25) is 4.79 Å². The first-order valence-corrected chi connectivity index (χ1v) is 7.78. The summed E-state index contributed by atoms with van der Waals surface area (Å²) in [5.41, 5.74) is 1.96. The maximum Gasteiger partial charge on any atom is 0.231 e. The molecule has 0 aromatic carbocycles. The molecular weight excluding hydrogens is 323 g/mol.